The molecule has 0 saturated heterocycles. The number of nitrogens with zero attached hydrogens (tertiary/aromatic N) is 4. The maximum Gasteiger partial charge on any atom is 0.145 e. The van der Waals surface area contributed by atoms with Crippen molar-refractivity contribution in [1.29, 1.82) is 0 Å². The van der Waals surface area contributed by atoms with E-state index in [1.165, 1.54) is 11.3 Å². The second kappa shape index (κ2) is 6.00. The minimum Gasteiger partial charge on any atom is -0.391 e. The molecule has 2 rings (SSSR count). The molecule has 0 amide bonds. The van der Waals surface area contributed by atoms with E-state index < -0.39 is 0 Å². The van der Waals surface area contributed by atoms with Crippen molar-refractivity contribution in [3.63, 3.8) is 0 Å². The topological polar surface area (TPSA) is 42.6 Å². The highest BCUT2D eigenvalue weighted by Crippen LogP contribution is 2.13. The third-order valence-electron chi connectivity index (χ3n) is 3.26. The minimum absolute atomic E-state index is 0.235. The summed E-state index contributed by atoms with van der Waals surface area (Å²) in [7, 11) is 4.08. The second-order valence-corrected chi connectivity index (χ2v) is 4.98. The lowest BCUT2D eigenvalue weighted by Gasteiger charge is -2.19. The molecule has 1 aliphatic rings. The van der Waals surface area contributed by atoms with Crippen LogP contribution in [0.5, 0.6) is 0 Å². The van der Waals surface area contributed by atoms with Gasteiger partial charge in [-0.05, 0) is 25.5 Å². The number of aromatic nitrogens is 2. The van der Waals surface area contributed by atoms with E-state index in [2.05, 4.69) is 35.3 Å². The SMILES string of the molecule is CCC1=NO[C@H](CN(C)CCc2cnn(C)c2)C1. The quantitative estimate of drug-likeness (QED) is 0.767. The average molecular weight is 250 g/mol. The van der Waals surface area contributed by atoms with Crippen LogP contribution in [0.2, 0.25) is 0 Å². The zero-order valence-corrected chi connectivity index (χ0v) is 11.5. The molecule has 0 radical (unpaired) electrons. The number of rotatable bonds is 6. The maximum absolute atomic E-state index is 5.41. The summed E-state index contributed by atoms with van der Waals surface area (Å²) < 4.78 is 1.84. The van der Waals surface area contributed by atoms with Gasteiger partial charge in [0.15, 0.2) is 0 Å². The van der Waals surface area contributed by atoms with Gasteiger partial charge < -0.3 is 9.74 Å². The highest BCUT2D eigenvalue weighted by atomic mass is 16.6. The molecule has 5 nitrogen and oxygen atoms in total. The lowest BCUT2D eigenvalue weighted by atomic mass is 10.1. The van der Waals surface area contributed by atoms with E-state index in [-0.39, 0.29) is 6.10 Å². The van der Waals surface area contributed by atoms with Gasteiger partial charge >= 0.3 is 0 Å². The zero-order chi connectivity index (χ0) is 13.0. The minimum atomic E-state index is 0.235. The Morgan fingerprint density at radius 2 is 2.39 bits per heavy atom. The predicted octanol–water partition coefficient (Wildman–Crippen LogP) is 1.45. The fourth-order valence-electron chi connectivity index (χ4n) is 2.15. The standard InChI is InChI=1S/C13H22N4O/c1-4-12-7-13(18-15-12)10-16(2)6-5-11-8-14-17(3)9-11/h8-9,13H,4-7,10H2,1-3H3/t13-/m0/s1. The van der Waals surface area contributed by atoms with Crippen LogP contribution in [0.3, 0.4) is 0 Å². The van der Waals surface area contributed by atoms with E-state index in [0.29, 0.717) is 0 Å². The first-order valence-corrected chi connectivity index (χ1v) is 6.55. The molecule has 1 aromatic rings. The fraction of sp³-hybridized carbons (Fsp3) is 0.692. The lowest BCUT2D eigenvalue weighted by Crippen LogP contribution is -2.30. The third kappa shape index (κ3) is 3.57. The van der Waals surface area contributed by atoms with Gasteiger partial charge in [0.2, 0.25) is 0 Å². The molecule has 1 atom stereocenters. The van der Waals surface area contributed by atoms with Crippen molar-refractivity contribution in [2.45, 2.75) is 32.3 Å². The van der Waals surface area contributed by atoms with Gasteiger partial charge in [-0.2, -0.15) is 5.10 Å². The third-order valence-corrected chi connectivity index (χ3v) is 3.26. The Balaban J connectivity index is 1.68. The number of oxime groups is 1. The van der Waals surface area contributed by atoms with Crippen molar-refractivity contribution in [2.75, 3.05) is 20.1 Å². The molecule has 0 N–H and O–H groups in total. The molecule has 1 aliphatic heterocycles. The summed E-state index contributed by atoms with van der Waals surface area (Å²) in [5.41, 5.74) is 2.46. The maximum atomic E-state index is 5.41. The van der Waals surface area contributed by atoms with Crippen molar-refractivity contribution in [1.82, 2.24) is 14.7 Å². The van der Waals surface area contributed by atoms with E-state index in [0.717, 1.165) is 32.4 Å². The Kier molecular flexibility index (Phi) is 4.36. The summed E-state index contributed by atoms with van der Waals surface area (Å²) in [6, 6.07) is 0. The molecule has 0 unspecified atom stereocenters. The van der Waals surface area contributed by atoms with Gasteiger partial charge in [0.05, 0.1) is 11.9 Å². The first-order valence-electron chi connectivity index (χ1n) is 6.55. The highest BCUT2D eigenvalue weighted by molar-refractivity contribution is 5.85. The summed E-state index contributed by atoms with van der Waals surface area (Å²) in [6.45, 7) is 4.08. The largest absolute Gasteiger partial charge is 0.391 e. The van der Waals surface area contributed by atoms with Crippen molar-refractivity contribution >= 4 is 5.71 Å². The van der Waals surface area contributed by atoms with Gasteiger partial charge in [-0.15, -0.1) is 0 Å². The first kappa shape index (κ1) is 13.1. The molecule has 0 fully saturated rings. The van der Waals surface area contributed by atoms with Crippen LogP contribution in [0, 0.1) is 0 Å². The molecular formula is C13H22N4O. The normalized spacial score (nSPS) is 19.1. The Labute approximate surface area is 108 Å². The average Bonchev–Trinajstić information content (AvgIpc) is 2.95. The summed E-state index contributed by atoms with van der Waals surface area (Å²) in [5, 5.41) is 8.26. The van der Waals surface area contributed by atoms with Crippen LogP contribution in [0.15, 0.2) is 17.5 Å². The number of hydrogen-bond acceptors (Lipinski definition) is 4. The van der Waals surface area contributed by atoms with Gasteiger partial charge in [-0.25, -0.2) is 0 Å². The smallest absolute Gasteiger partial charge is 0.145 e. The Bertz CT molecular complexity index is 413. The highest BCUT2D eigenvalue weighted by Gasteiger charge is 2.21. The molecule has 2 heterocycles. The summed E-state index contributed by atoms with van der Waals surface area (Å²) in [6.07, 6.45) is 7.23. The molecule has 0 aliphatic carbocycles. The van der Waals surface area contributed by atoms with Crippen LogP contribution in [-0.4, -0.2) is 46.6 Å². The molecule has 0 spiro atoms. The van der Waals surface area contributed by atoms with Crippen LogP contribution >= 0.6 is 0 Å². The Morgan fingerprint density at radius 1 is 1.56 bits per heavy atom. The summed E-state index contributed by atoms with van der Waals surface area (Å²) in [4.78, 5) is 7.71. The fourth-order valence-corrected chi connectivity index (χ4v) is 2.15. The zero-order valence-electron chi connectivity index (χ0n) is 11.5. The van der Waals surface area contributed by atoms with Gasteiger partial charge in [0, 0.05) is 32.8 Å². The van der Waals surface area contributed by atoms with Crippen molar-refractivity contribution < 1.29 is 4.84 Å². The second-order valence-electron chi connectivity index (χ2n) is 4.98. The molecule has 0 saturated carbocycles. The number of likely N-dealkylation sites (N-methyl/N-ethyl adjacent to an activating group) is 1. The summed E-state index contributed by atoms with van der Waals surface area (Å²) in [5.74, 6) is 0. The lowest BCUT2D eigenvalue weighted by molar-refractivity contribution is 0.0596. The van der Waals surface area contributed by atoms with E-state index >= 15 is 0 Å². The van der Waals surface area contributed by atoms with Gasteiger partial charge in [0.1, 0.15) is 6.10 Å². The van der Waals surface area contributed by atoms with Gasteiger partial charge in [0.25, 0.3) is 0 Å². The van der Waals surface area contributed by atoms with Crippen LogP contribution in [0.4, 0.5) is 0 Å². The molecule has 5 heteroatoms. The predicted molar refractivity (Wildman–Crippen MR) is 71.6 cm³/mol. The van der Waals surface area contributed by atoms with Crippen molar-refractivity contribution in [3.8, 4) is 0 Å². The number of hydrogen-bond donors (Lipinski definition) is 0. The van der Waals surface area contributed by atoms with Crippen molar-refractivity contribution in [2.24, 2.45) is 12.2 Å². The van der Waals surface area contributed by atoms with E-state index in [4.69, 9.17) is 4.84 Å². The Morgan fingerprint density at radius 3 is 3.00 bits per heavy atom. The van der Waals surface area contributed by atoms with Crippen LogP contribution in [0.25, 0.3) is 0 Å². The first-order chi connectivity index (χ1) is 8.67. The van der Waals surface area contributed by atoms with E-state index in [9.17, 15) is 0 Å². The van der Waals surface area contributed by atoms with E-state index in [1.54, 1.807) is 0 Å². The van der Waals surface area contributed by atoms with Crippen LogP contribution in [-0.2, 0) is 18.3 Å². The summed E-state index contributed by atoms with van der Waals surface area (Å²) >= 11 is 0. The molecule has 1 aromatic heterocycles. The van der Waals surface area contributed by atoms with Gasteiger partial charge in [-0.1, -0.05) is 12.1 Å². The van der Waals surface area contributed by atoms with Gasteiger partial charge in [-0.3, -0.25) is 4.68 Å². The van der Waals surface area contributed by atoms with Crippen LogP contribution in [0.1, 0.15) is 25.3 Å². The molecule has 0 aromatic carbocycles. The van der Waals surface area contributed by atoms with Crippen molar-refractivity contribution in [3.05, 3.63) is 18.0 Å². The number of aryl methyl sites for hydroxylation is 1. The molecule has 18 heavy (non-hydrogen) atoms. The van der Waals surface area contributed by atoms with E-state index in [1.807, 2.05) is 17.9 Å². The Hall–Kier alpha value is -1.36. The molecular weight excluding hydrogens is 228 g/mol. The van der Waals surface area contributed by atoms with Crippen LogP contribution < -0.4 is 0 Å². The molecule has 100 valence electrons. The monoisotopic (exact) mass is 250 g/mol. The molecule has 0 bridgehead atoms.